The third kappa shape index (κ3) is 3.67. The Bertz CT molecular complexity index is 855. The van der Waals surface area contributed by atoms with E-state index in [1.807, 2.05) is 18.2 Å². The summed E-state index contributed by atoms with van der Waals surface area (Å²) < 4.78 is 39.2. The van der Waals surface area contributed by atoms with Crippen molar-refractivity contribution >= 4 is 37.7 Å². The van der Waals surface area contributed by atoms with E-state index in [0.717, 1.165) is 15.8 Å². The van der Waals surface area contributed by atoms with Gasteiger partial charge in [-0.15, -0.1) is 11.8 Å². The third-order valence-electron chi connectivity index (χ3n) is 3.97. The molecule has 0 saturated carbocycles. The maximum absolute atomic E-state index is 13.1. The van der Waals surface area contributed by atoms with Crippen LogP contribution in [0.25, 0.3) is 0 Å². The molecule has 2 aromatic carbocycles. The normalized spacial score (nSPS) is 18.3. The van der Waals surface area contributed by atoms with Crippen LogP contribution < -0.4 is 9.47 Å². The minimum absolute atomic E-state index is 0.259. The zero-order valence-corrected chi connectivity index (χ0v) is 17.0. The predicted molar refractivity (Wildman–Crippen MR) is 103 cm³/mol. The SMILES string of the molecule is COc1ccc(S(=O)(=O)N2CCS[C@@H]2c2cc(Br)ccc2OC)cc1. The number of hydrogen-bond donors (Lipinski definition) is 0. The van der Waals surface area contributed by atoms with Crippen LogP contribution in [0.3, 0.4) is 0 Å². The second kappa shape index (κ2) is 7.57. The summed E-state index contributed by atoms with van der Waals surface area (Å²) in [6.45, 7) is 0.458. The van der Waals surface area contributed by atoms with E-state index in [0.29, 0.717) is 18.0 Å². The van der Waals surface area contributed by atoms with Gasteiger partial charge in [-0.1, -0.05) is 15.9 Å². The molecule has 0 aromatic heterocycles. The van der Waals surface area contributed by atoms with Gasteiger partial charge in [-0.05, 0) is 42.5 Å². The van der Waals surface area contributed by atoms with Crippen LogP contribution in [0, 0.1) is 0 Å². The molecule has 5 nitrogen and oxygen atoms in total. The molecule has 1 atom stereocenters. The van der Waals surface area contributed by atoms with Crippen LogP contribution in [0.5, 0.6) is 11.5 Å². The van der Waals surface area contributed by atoms with Crippen LogP contribution in [-0.2, 0) is 10.0 Å². The molecule has 0 bridgehead atoms. The quantitative estimate of drug-likeness (QED) is 0.700. The summed E-state index contributed by atoms with van der Waals surface area (Å²) in [5.41, 5.74) is 0.844. The molecule has 0 unspecified atom stereocenters. The molecule has 25 heavy (non-hydrogen) atoms. The first-order valence-corrected chi connectivity index (χ1v) is 10.9. The number of thioether (sulfide) groups is 1. The molecule has 0 amide bonds. The average molecular weight is 444 g/mol. The number of hydrogen-bond acceptors (Lipinski definition) is 5. The molecule has 1 saturated heterocycles. The van der Waals surface area contributed by atoms with Crippen LogP contribution >= 0.6 is 27.7 Å². The fourth-order valence-electron chi connectivity index (χ4n) is 2.73. The number of ether oxygens (including phenoxy) is 2. The highest BCUT2D eigenvalue weighted by atomic mass is 79.9. The van der Waals surface area contributed by atoms with Gasteiger partial charge >= 0.3 is 0 Å². The fraction of sp³-hybridized carbons (Fsp3) is 0.294. The van der Waals surface area contributed by atoms with Crippen molar-refractivity contribution in [2.45, 2.75) is 10.3 Å². The molecule has 0 aliphatic carbocycles. The molecule has 0 radical (unpaired) electrons. The fourth-order valence-corrected chi connectivity index (χ4v) is 6.35. The zero-order valence-electron chi connectivity index (χ0n) is 13.8. The maximum atomic E-state index is 13.1. The first-order valence-electron chi connectivity index (χ1n) is 7.58. The highest BCUT2D eigenvalue weighted by molar-refractivity contribution is 9.10. The Morgan fingerprint density at radius 1 is 1.12 bits per heavy atom. The molecule has 134 valence electrons. The van der Waals surface area contributed by atoms with Crippen molar-refractivity contribution in [3.05, 3.63) is 52.5 Å². The van der Waals surface area contributed by atoms with Gasteiger partial charge in [-0.2, -0.15) is 4.31 Å². The molecule has 1 fully saturated rings. The van der Waals surface area contributed by atoms with Gasteiger partial charge in [0.25, 0.3) is 0 Å². The van der Waals surface area contributed by atoms with Gasteiger partial charge < -0.3 is 9.47 Å². The number of benzene rings is 2. The summed E-state index contributed by atoms with van der Waals surface area (Å²) in [5, 5.41) is -0.320. The lowest BCUT2D eigenvalue weighted by Gasteiger charge is -2.25. The molecule has 0 N–H and O–H groups in total. The van der Waals surface area contributed by atoms with Crippen LogP contribution in [0.15, 0.2) is 51.8 Å². The van der Waals surface area contributed by atoms with Crippen molar-refractivity contribution < 1.29 is 17.9 Å². The first kappa shape index (κ1) is 18.6. The Morgan fingerprint density at radius 3 is 2.48 bits per heavy atom. The van der Waals surface area contributed by atoms with Crippen molar-refractivity contribution in [1.29, 1.82) is 0 Å². The van der Waals surface area contributed by atoms with E-state index < -0.39 is 10.0 Å². The topological polar surface area (TPSA) is 55.8 Å². The Morgan fingerprint density at radius 2 is 1.84 bits per heavy atom. The Labute approximate surface area is 160 Å². The van der Waals surface area contributed by atoms with Crippen molar-refractivity contribution in [3.63, 3.8) is 0 Å². The lowest BCUT2D eigenvalue weighted by Crippen LogP contribution is -2.30. The van der Waals surface area contributed by atoms with E-state index in [9.17, 15) is 8.42 Å². The molecule has 8 heteroatoms. The Kier molecular flexibility index (Phi) is 5.62. The van der Waals surface area contributed by atoms with Crippen molar-refractivity contribution in [2.24, 2.45) is 0 Å². The lowest BCUT2D eigenvalue weighted by molar-refractivity contribution is 0.390. The number of rotatable bonds is 5. The van der Waals surface area contributed by atoms with Crippen molar-refractivity contribution in [2.75, 3.05) is 26.5 Å². The predicted octanol–water partition coefficient (Wildman–Crippen LogP) is 3.90. The van der Waals surface area contributed by atoms with E-state index in [1.54, 1.807) is 50.2 Å². The molecule has 0 spiro atoms. The van der Waals surface area contributed by atoms with Crippen molar-refractivity contribution in [3.8, 4) is 11.5 Å². The monoisotopic (exact) mass is 443 g/mol. The second-order valence-corrected chi connectivity index (χ2v) is 9.40. The van der Waals surface area contributed by atoms with E-state index in [4.69, 9.17) is 9.47 Å². The van der Waals surface area contributed by atoms with Crippen LogP contribution in [-0.4, -0.2) is 39.2 Å². The average Bonchev–Trinajstić information content (AvgIpc) is 3.12. The summed E-state index contributed by atoms with van der Waals surface area (Å²) in [4.78, 5) is 0.259. The van der Waals surface area contributed by atoms with Gasteiger partial charge in [0.1, 0.15) is 11.5 Å². The summed E-state index contributed by atoms with van der Waals surface area (Å²) in [6, 6.07) is 12.1. The largest absolute Gasteiger partial charge is 0.497 e. The van der Waals surface area contributed by atoms with E-state index in [1.165, 1.54) is 4.31 Å². The molecule has 1 aliphatic rings. The van der Waals surface area contributed by atoms with Gasteiger partial charge in [-0.3, -0.25) is 0 Å². The molecule has 1 heterocycles. The smallest absolute Gasteiger partial charge is 0.244 e. The van der Waals surface area contributed by atoms with Crippen LogP contribution in [0.4, 0.5) is 0 Å². The van der Waals surface area contributed by atoms with Gasteiger partial charge in [0, 0.05) is 22.3 Å². The summed E-state index contributed by atoms with van der Waals surface area (Å²) in [6.07, 6.45) is 0. The molecule has 1 aliphatic heterocycles. The second-order valence-electron chi connectivity index (χ2n) is 5.40. The van der Waals surface area contributed by atoms with Crippen molar-refractivity contribution in [1.82, 2.24) is 4.31 Å². The van der Waals surface area contributed by atoms with Crippen LogP contribution in [0.1, 0.15) is 10.9 Å². The highest BCUT2D eigenvalue weighted by Gasteiger charge is 2.38. The van der Waals surface area contributed by atoms with E-state index >= 15 is 0 Å². The molecular formula is C17H18BrNO4S2. The molecular weight excluding hydrogens is 426 g/mol. The number of nitrogens with zero attached hydrogens (tertiary/aromatic N) is 1. The molecule has 2 aromatic rings. The number of methoxy groups -OCH3 is 2. The summed E-state index contributed by atoms with van der Waals surface area (Å²) in [5.74, 6) is 2.04. The minimum atomic E-state index is -3.61. The zero-order chi connectivity index (χ0) is 18.0. The van der Waals surface area contributed by atoms with Gasteiger partial charge in [0.2, 0.25) is 10.0 Å². The van der Waals surface area contributed by atoms with Gasteiger partial charge in [-0.25, -0.2) is 8.42 Å². The highest BCUT2D eigenvalue weighted by Crippen LogP contribution is 2.45. The van der Waals surface area contributed by atoms with Crippen LogP contribution in [0.2, 0.25) is 0 Å². The Hall–Kier alpha value is -1.22. The standard InChI is InChI=1S/C17H18BrNO4S2/c1-22-13-4-6-14(7-5-13)25(20,21)19-9-10-24-17(19)15-11-12(18)3-8-16(15)23-2/h3-8,11,17H,9-10H2,1-2H3/t17-/m1/s1. The van der Waals surface area contributed by atoms with E-state index in [2.05, 4.69) is 15.9 Å². The summed E-state index contributed by atoms with van der Waals surface area (Å²) in [7, 11) is -0.469. The van der Waals surface area contributed by atoms with Gasteiger partial charge in [0.05, 0.1) is 24.5 Å². The summed E-state index contributed by atoms with van der Waals surface area (Å²) >= 11 is 5.05. The first-order chi connectivity index (χ1) is 12.0. The third-order valence-corrected chi connectivity index (χ3v) is 7.72. The Balaban J connectivity index is 1.99. The minimum Gasteiger partial charge on any atom is -0.497 e. The number of sulfonamides is 1. The van der Waals surface area contributed by atoms with E-state index in [-0.39, 0.29) is 10.3 Å². The lowest BCUT2D eigenvalue weighted by atomic mass is 10.2. The maximum Gasteiger partial charge on any atom is 0.244 e. The molecule has 3 rings (SSSR count). The van der Waals surface area contributed by atoms with Gasteiger partial charge in [0.15, 0.2) is 0 Å². The number of halogens is 1.